The zero-order chi connectivity index (χ0) is 13.4. The Bertz CT molecular complexity index is 741. The molecule has 0 amide bonds. The maximum Gasteiger partial charge on any atom is 0.265 e. The molecule has 0 atom stereocenters. The fourth-order valence-electron chi connectivity index (χ4n) is 1.74. The Morgan fingerprint density at radius 2 is 2.05 bits per heavy atom. The number of fused-ring (bicyclic) bond motifs is 1. The van der Waals surface area contributed by atoms with Crippen molar-refractivity contribution < 1.29 is 8.78 Å². The zero-order valence-corrected chi connectivity index (χ0v) is 10.2. The molecule has 0 saturated carbocycles. The van der Waals surface area contributed by atoms with Crippen LogP contribution in [0.2, 0.25) is 5.02 Å². The zero-order valence-electron chi connectivity index (χ0n) is 9.44. The molecule has 19 heavy (non-hydrogen) atoms. The van der Waals surface area contributed by atoms with Crippen LogP contribution in [-0.2, 0) is 0 Å². The van der Waals surface area contributed by atoms with Crippen LogP contribution in [0, 0.1) is 0 Å². The quantitative estimate of drug-likeness (QED) is 0.780. The second kappa shape index (κ2) is 4.55. The van der Waals surface area contributed by atoms with Gasteiger partial charge in [0.1, 0.15) is 5.52 Å². The number of H-pyrrole nitrogens is 1. The normalized spacial score (nSPS) is 11.4. The van der Waals surface area contributed by atoms with E-state index in [2.05, 4.69) is 20.2 Å². The first-order valence-electron chi connectivity index (χ1n) is 5.39. The fraction of sp³-hybridized carbons (Fsp3) is 0.0833. The van der Waals surface area contributed by atoms with Gasteiger partial charge in [0, 0.05) is 16.1 Å². The van der Waals surface area contributed by atoms with Gasteiger partial charge in [-0.15, -0.1) is 0 Å². The van der Waals surface area contributed by atoms with Crippen molar-refractivity contribution in [3.63, 3.8) is 0 Å². The lowest BCUT2D eigenvalue weighted by Gasteiger charge is -2.06. The summed E-state index contributed by atoms with van der Waals surface area (Å²) in [6.07, 6.45) is 0.422. The third-order valence-electron chi connectivity index (χ3n) is 2.68. The maximum atomic E-state index is 12.8. The summed E-state index contributed by atoms with van der Waals surface area (Å²) in [6.45, 7) is 0. The van der Waals surface area contributed by atoms with Gasteiger partial charge >= 0.3 is 0 Å². The summed E-state index contributed by atoms with van der Waals surface area (Å²) in [6, 6.07) is 4.37. The van der Waals surface area contributed by atoms with Crippen LogP contribution in [0.25, 0.3) is 22.4 Å². The summed E-state index contributed by atoms with van der Waals surface area (Å²) < 4.78 is 25.6. The van der Waals surface area contributed by atoms with Gasteiger partial charge in [0.15, 0.2) is 5.65 Å². The van der Waals surface area contributed by atoms with Crippen LogP contribution in [0.3, 0.4) is 0 Å². The van der Waals surface area contributed by atoms with Crippen molar-refractivity contribution in [3.8, 4) is 11.3 Å². The number of aromatic nitrogens is 4. The second-order valence-corrected chi connectivity index (χ2v) is 4.30. The smallest absolute Gasteiger partial charge is 0.259 e. The maximum absolute atomic E-state index is 12.8. The highest BCUT2D eigenvalue weighted by atomic mass is 35.5. The van der Waals surface area contributed by atoms with Crippen molar-refractivity contribution >= 4 is 22.8 Å². The SMILES string of the molecule is FC(F)c1cc(-c2cnc3cn[nH]c3n2)ccc1Cl. The highest BCUT2D eigenvalue weighted by Gasteiger charge is 2.14. The Morgan fingerprint density at radius 3 is 2.84 bits per heavy atom. The van der Waals surface area contributed by atoms with Gasteiger partial charge < -0.3 is 0 Å². The van der Waals surface area contributed by atoms with Crippen molar-refractivity contribution in [3.05, 3.63) is 41.2 Å². The van der Waals surface area contributed by atoms with Gasteiger partial charge in [-0.05, 0) is 12.1 Å². The Balaban J connectivity index is 2.12. The highest BCUT2D eigenvalue weighted by Crippen LogP contribution is 2.31. The fourth-order valence-corrected chi connectivity index (χ4v) is 1.94. The number of hydrogen-bond acceptors (Lipinski definition) is 3. The summed E-state index contributed by atoms with van der Waals surface area (Å²) in [7, 11) is 0. The number of alkyl halides is 2. The van der Waals surface area contributed by atoms with Crippen LogP contribution in [0.15, 0.2) is 30.6 Å². The van der Waals surface area contributed by atoms with Crippen LogP contribution in [0.4, 0.5) is 8.78 Å². The van der Waals surface area contributed by atoms with Gasteiger partial charge in [0.25, 0.3) is 6.43 Å². The van der Waals surface area contributed by atoms with E-state index in [1.807, 2.05) is 0 Å². The van der Waals surface area contributed by atoms with Crippen molar-refractivity contribution in [2.45, 2.75) is 6.43 Å². The minimum atomic E-state index is -2.63. The van der Waals surface area contributed by atoms with Crippen molar-refractivity contribution in [1.29, 1.82) is 0 Å². The van der Waals surface area contributed by atoms with E-state index in [1.165, 1.54) is 18.3 Å². The van der Waals surface area contributed by atoms with Gasteiger partial charge in [0.2, 0.25) is 0 Å². The van der Waals surface area contributed by atoms with E-state index in [1.54, 1.807) is 12.3 Å². The first-order valence-corrected chi connectivity index (χ1v) is 5.77. The molecule has 0 aliphatic heterocycles. The lowest BCUT2D eigenvalue weighted by Crippen LogP contribution is -1.91. The molecule has 1 N–H and O–H groups in total. The van der Waals surface area contributed by atoms with Gasteiger partial charge in [-0.3, -0.25) is 5.10 Å². The summed E-state index contributed by atoms with van der Waals surface area (Å²) in [5.41, 5.74) is 1.92. The number of nitrogens with zero attached hydrogens (tertiary/aromatic N) is 3. The van der Waals surface area contributed by atoms with Crippen molar-refractivity contribution in [2.24, 2.45) is 0 Å². The van der Waals surface area contributed by atoms with E-state index in [0.717, 1.165) is 0 Å². The standard InChI is InChI=1S/C12H7ClF2N4/c13-8-2-1-6(3-7(8)11(14)15)9-4-16-10-5-17-19-12(10)18-9/h1-5,11H,(H,17,18,19). The molecule has 7 heteroatoms. The lowest BCUT2D eigenvalue weighted by atomic mass is 10.1. The summed E-state index contributed by atoms with van der Waals surface area (Å²) >= 11 is 5.72. The molecule has 0 bridgehead atoms. The molecule has 2 heterocycles. The van der Waals surface area contributed by atoms with Gasteiger partial charge in [-0.1, -0.05) is 17.7 Å². The predicted octanol–water partition coefficient (Wildman–Crippen LogP) is 3.61. The molecule has 0 fully saturated rings. The average Bonchev–Trinajstić information content (AvgIpc) is 2.86. The van der Waals surface area contributed by atoms with Crippen LogP contribution in [0.1, 0.15) is 12.0 Å². The van der Waals surface area contributed by atoms with E-state index in [-0.39, 0.29) is 10.6 Å². The number of halogens is 3. The molecule has 4 nitrogen and oxygen atoms in total. The van der Waals surface area contributed by atoms with Gasteiger partial charge in [0.05, 0.1) is 18.1 Å². The van der Waals surface area contributed by atoms with E-state index < -0.39 is 6.43 Å². The third-order valence-corrected chi connectivity index (χ3v) is 3.03. The number of hydrogen-bond donors (Lipinski definition) is 1. The first-order chi connectivity index (χ1) is 9.15. The molecule has 0 spiro atoms. The molecule has 3 aromatic rings. The van der Waals surface area contributed by atoms with Crippen LogP contribution in [0.5, 0.6) is 0 Å². The van der Waals surface area contributed by atoms with Crippen LogP contribution < -0.4 is 0 Å². The largest absolute Gasteiger partial charge is 0.265 e. The second-order valence-electron chi connectivity index (χ2n) is 3.90. The number of nitrogens with one attached hydrogen (secondary N) is 1. The molecule has 0 radical (unpaired) electrons. The van der Waals surface area contributed by atoms with E-state index in [0.29, 0.717) is 22.4 Å². The first kappa shape index (κ1) is 12.0. The average molecular weight is 281 g/mol. The Labute approximate surface area is 111 Å². The van der Waals surface area contributed by atoms with Crippen molar-refractivity contribution in [2.75, 3.05) is 0 Å². The molecular weight excluding hydrogens is 274 g/mol. The molecule has 0 unspecified atom stereocenters. The minimum absolute atomic E-state index is 0.0364. The van der Waals surface area contributed by atoms with Crippen molar-refractivity contribution in [1.82, 2.24) is 20.2 Å². The molecule has 0 aliphatic rings. The molecule has 0 saturated heterocycles. The Hall–Kier alpha value is -2.08. The highest BCUT2D eigenvalue weighted by molar-refractivity contribution is 6.31. The summed E-state index contributed by atoms with van der Waals surface area (Å²) in [5.74, 6) is 0. The van der Waals surface area contributed by atoms with Gasteiger partial charge in [-0.2, -0.15) is 5.10 Å². The Morgan fingerprint density at radius 1 is 1.21 bits per heavy atom. The Kier molecular flexibility index (Phi) is 2.87. The molecule has 3 rings (SSSR count). The summed E-state index contributed by atoms with van der Waals surface area (Å²) in [4.78, 5) is 8.40. The lowest BCUT2D eigenvalue weighted by molar-refractivity contribution is 0.151. The van der Waals surface area contributed by atoms with Crippen LogP contribution in [-0.4, -0.2) is 20.2 Å². The molecular formula is C12H7ClF2N4. The molecule has 1 aromatic carbocycles. The summed E-state index contributed by atoms with van der Waals surface area (Å²) in [5, 5.41) is 6.52. The topological polar surface area (TPSA) is 54.5 Å². The number of rotatable bonds is 2. The van der Waals surface area contributed by atoms with Gasteiger partial charge in [-0.25, -0.2) is 18.7 Å². The predicted molar refractivity (Wildman–Crippen MR) is 67.1 cm³/mol. The number of benzene rings is 1. The van der Waals surface area contributed by atoms with E-state index >= 15 is 0 Å². The van der Waals surface area contributed by atoms with E-state index in [4.69, 9.17) is 11.6 Å². The minimum Gasteiger partial charge on any atom is -0.259 e. The van der Waals surface area contributed by atoms with Crippen LogP contribution >= 0.6 is 11.6 Å². The number of aromatic amines is 1. The molecule has 96 valence electrons. The van der Waals surface area contributed by atoms with E-state index in [9.17, 15) is 8.78 Å². The third kappa shape index (κ3) is 2.15. The molecule has 0 aliphatic carbocycles. The molecule has 2 aromatic heterocycles. The monoisotopic (exact) mass is 280 g/mol.